The lowest BCUT2D eigenvalue weighted by Crippen LogP contribution is -2.53. The third kappa shape index (κ3) is 7.19. The van der Waals surface area contributed by atoms with E-state index in [0.29, 0.717) is 0 Å². The number of hydrogen-bond acceptors (Lipinski definition) is 6. The Balaban J connectivity index is 1.89. The Labute approximate surface area is 206 Å². The van der Waals surface area contributed by atoms with Gasteiger partial charge in [-0.2, -0.15) is 9.44 Å². The summed E-state index contributed by atoms with van der Waals surface area (Å²) in [6, 6.07) is 17.9. The van der Waals surface area contributed by atoms with Crippen LogP contribution in [0.5, 0.6) is 0 Å². The zero-order valence-electron chi connectivity index (χ0n) is 19.4. The Bertz CT molecular complexity index is 1410. The normalized spacial score (nSPS) is 12.7. The van der Waals surface area contributed by atoms with Crippen molar-refractivity contribution in [2.24, 2.45) is 0 Å². The van der Waals surface area contributed by atoms with Gasteiger partial charge in [-0.05, 0) is 57.2 Å². The van der Waals surface area contributed by atoms with E-state index in [1.54, 1.807) is 57.2 Å². The Morgan fingerprint density at radius 2 is 0.800 bits per heavy atom. The average molecular weight is 538 g/mol. The molecule has 3 N–H and O–H groups in total. The summed E-state index contributed by atoms with van der Waals surface area (Å²) in [7, 11) is -12.4. The quantitative estimate of drug-likeness (QED) is 0.339. The summed E-state index contributed by atoms with van der Waals surface area (Å²) >= 11 is 0. The standard InChI is InChI=1S/C23H27N3O6S3/c1-17-4-10-20(11-5-17)33(27,28)24-16-23(25-34(29,30)21-12-6-18(2)7-13-21)26-35(31,32)22-14-8-19(3)9-15-22/h4-15,23-26H,16H2,1-3H3. The minimum Gasteiger partial charge on any atom is -0.208 e. The number of rotatable bonds is 10. The van der Waals surface area contributed by atoms with Crippen molar-refractivity contribution < 1.29 is 25.3 Å². The second-order valence-corrected chi connectivity index (χ2v) is 13.3. The lowest BCUT2D eigenvalue weighted by Gasteiger charge is -2.21. The molecular formula is C23H27N3O6S3. The van der Waals surface area contributed by atoms with Gasteiger partial charge in [0, 0.05) is 6.54 Å². The van der Waals surface area contributed by atoms with Crippen molar-refractivity contribution >= 4 is 30.1 Å². The minimum atomic E-state index is -4.19. The maximum Gasteiger partial charge on any atom is 0.241 e. The van der Waals surface area contributed by atoms with E-state index in [4.69, 9.17) is 0 Å². The zero-order valence-corrected chi connectivity index (χ0v) is 21.8. The van der Waals surface area contributed by atoms with Crippen molar-refractivity contribution in [1.29, 1.82) is 0 Å². The molecule has 35 heavy (non-hydrogen) atoms. The first-order chi connectivity index (χ1) is 16.3. The van der Waals surface area contributed by atoms with Gasteiger partial charge in [0.2, 0.25) is 30.1 Å². The smallest absolute Gasteiger partial charge is 0.208 e. The van der Waals surface area contributed by atoms with E-state index in [0.717, 1.165) is 16.7 Å². The lowest BCUT2D eigenvalue weighted by atomic mass is 10.2. The third-order valence-corrected chi connectivity index (χ3v) is 9.48. The second kappa shape index (κ2) is 10.6. The summed E-state index contributed by atoms with van der Waals surface area (Å²) in [4.78, 5) is -0.224. The average Bonchev–Trinajstić information content (AvgIpc) is 2.78. The Hall–Kier alpha value is -2.61. The molecule has 0 radical (unpaired) electrons. The molecule has 0 saturated carbocycles. The summed E-state index contributed by atoms with van der Waals surface area (Å²) in [5.74, 6) is 0. The van der Waals surface area contributed by atoms with Gasteiger partial charge in [-0.15, -0.1) is 0 Å². The van der Waals surface area contributed by atoms with Crippen molar-refractivity contribution in [3.63, 3.8) is 0 Å². The molecule has 0 fully saturated rings. The first-order valence-corrected chi connectivity index (χ1v) is 15.0. The highest BCUT2D eigenvalue weighted by Crippen LogP contribution is 2.14. The van der Waals surface area contributed by atoms with Crippen LogP contribution in [-0.4, -0.2) is 38.0 Å². The van der Waals surface area contributed by atoms with Crippen molar-refractivity contribution in [1.82, 2.24) is 14.2 Å². The molecule has 0 aromatic heterocycles. The highest BCUT2D eigenvalue weighted by molar-refractivity contribution is 7.90. The maximum atomic E-state index is 12.9. The van der Waals surface area contributed by atoms with Crippen molar-refractivity contribution in [3.8, 4) is 0 Å². The van der Waals surface area contributed by atoms with E-state index < -0.39 is 42.8 Å². The van der Waals surface area contributed by atoms with Gasteiger partial charge in [-0.1, -0.05) is 53.1 Å². The summed E-state index contributed by atoms with van der Waals surface area (Å²) in [6.45, 7) is 4.82. The number of hydrogen-bond donors (Lipinski definition) is 3. The van der Waals surface area contributed by atoms with Crippen LogP contribution in [0.25, 0.3) is 0 Å². The van der Waals surface area contributed by atoms with Crippen LogP contribution in [0.4, 0.5) is 0 Å². The Morgan fingerprint density at radius 1 is 0.514 bits per heavy atom. The van der Waals surface area contributed by atoms with E-state index in [2.05, 4.69) is 14.2 Å². The molecule has 0 bridgehead atoms. The van der Waals surface area contributed by atoms with E-state index in [9.17, 15) is 25.3 Å². The van der Waals surface area contributed by atoms with Gasteiger partial charge < -0.3 is 0 Å². The van der Waals surface area contributed by atoms with Gasteiger partial charge in [0.15, 0.2) is 0 Å². The van der Waals surface area contributed by atoms with Crippen molar-refractivity contribution in [3.05, 3.63) is 89.5 Å². The van der Waals surface area contributed by atoms with Crippen LogP contribution < -0.4 is 14.2 Å². The fourth-order valence-corrected chi connectivity index (χ4v) is 6.46. The van der Waals surface area contributed by atoms with Crippen molar-refractivity contribution in [2.75, 3.05) is 6.54 Å². The lowest BCUT2D eigenvalue weighted by molar-refractivity contribution is 0.504. The van der Waals surface area contributed by atoms with Gasteiger partial charge in [0.05, 0.1) is 20.9 Å². The molecule has 0 aliphatic rings. The first kappa shape index (κ1) is 27.0. The van der Waals surface area contributed by atoms with Gasteiger partial charge >= 0.3 is 0 Å². The molecular weight excluding hydrogens is 510 g/mol. The van der Waals surface area contributed by atoms with E-state index in [-0.39, 0.29) is 14.7 Å². The number of nitrogens with one attached hydrogen (secondary N) is 3. The number of sulfonamides is 3. The maximum absolute atomic E-state index is 12.9. The molecule has 0 heterocycles. The summed E-state index contributed by atoms with van der Waals surface area (Å²) in [6.07, 6.45) is -1.52. The van der Waals surface area contributed by atoms with Crippen LogP contribution in [-0.2, 0) is 30.1 Å². The molecule has 3 rings (SSSR count). The number of benzene rings is 3. The summed E-state index contributed by atoms with van der Waals surface area (Å²) < 4.78 is 84.0. The Morgan fingerprint density at radius 3 is 1.11 bits per heavy atom. The van der Waals surface area contributed by atoms with Crippen LogP contribution in [0.1, 0.15) is 16.7 Å². The molecule has 0 amide bonds. The monoisotopic (exact) mass is 537 g/mol. The molecule has 12 heteroatoms. The largest absolute Gasteiger partial charge is 0.241 e. The van der Waals surface area contributed by atoms with E-state index in [1.165, 1.54) is 36.4 Å². The zero-order chi connectivity index (χ0) is 25.9. The van der Waals surface area contributed by atoms with E-state index >= 15 is 0 Å². The minimum absolute atomic E-state index is 0.0374. The van der Waals surface area contributed by atoms with Crippen LogP contribution in [0, 0.1) is 20.8 Å². The fraction of sp³-hybridized carbons (Fsp3) is 0.217. The third-order valence-electron chi connectivity index (χ3n) is 5.07. The SMILES string of the molecule is Cc1ccc(S(=O)(=O)NCC(NS(=O)(=O)c2ccc(C)cc2)NS(=O)(=O)c2ccc(C)cc2)cc1. The molecule has 0 aliphatic heterocycles. The van der Waals surface area contributed by atoms with Gasteiger partial charge in [-0.25, -0.2) is 30.0 Å². The molecule has 0 saturated heterocycles. The van der Waals surface area contributed by atoms with Crippen LogP contribution in [0.15, 0.2) is 87.5 Å². The molecule has 3 aromatic carbocycles. The van der Waals surface area contributed by atoms with Crippen molar-refractivity contribution in [2.45, 2.75) is 41.6 Å². The van der Waals surface area contributed by atoms with Crippen LogP contribution >= 0.6 is 0 Å². The first-order valence-electron chi connectivity index (χ1n) is 10.5. The topological polar surface area (TPSA) is 139 Å². The molecule has 0 spiro atoms. The summed E-state index contributed by atoms with van der Waals surface area (Å²) in [5, 5.41) is 0. The highest BCUT2D eigenvalue weighted by Gasteiger charge is 2.27. The van der Waals surface area contributed by atoms with Crippen LogP contribution in [0.2, 0.25) is 0 Å². The molecule has 188 valence electrons. The predicted octanol–water partition coefficient (Wildman–Crippen LogP) is 2.17. The van der Waals surface area contributed by atoms with E-state index in [1.807, 2.05) is 0 Å². The molecule has 3 aromatic rings. The second-order valence-electron chi connectivity index (χ2n) is 8.09. The predicted molar refractivity (Wildman–Crippen MR) is 133 cm³/mol. The number of aryl methyl sites for hydroxylation is 3. The van der Waals surface area contributed by atoms with Gasteiger partial charge in [-0.3, -0.25) is 0 Å². The van der Waals surface area contributed by atoms with Crippen LogP contribution in [0.3, 0.4) is 0 Å². The molecule has 0 unspecified atom stereocenters. The molecule has 9 nitrogen and oxygen atoms in total. The highest BCUT2D eigenvalue weighted by atomic mass is 32.2. The Kier molecular flexibility index (Phi) is 8.14. The van der Waals surface area contributed by atoms with Gasteiger partial charge in [0.25, 0.3) is 0 Å². The fourth-order valence-electron chi connectivity index (χ4n) is 3.05. The van der Waals surface area contributed by atoms with Gasteiger partial charge in [0.1, 0.15) is 0 Å². The summed E-state index contributed by atoms with van der Waals surface area (Å²) in [5.41, 5.74) is 2.54. The molecule has 0 atom stereocenters. The molecule has 0 aliphatic carbocycles.